The Labute approximate surface area is 235 Å². The summed E-state index contributed by atoms with van der Waals surface area (Å²) in [5.74, 6) is 1.87. The highest BCUT2D eigenvalue weighted by atomic mass is 79.9. The lowest BCUT2D eigenvalue weighted by molar-refractivity contribution is -0.139. The van der Waals surface area contributed by atoms with Crippen LogP contribution in [0.1, 0.15) is 49.1 Å². The third kappa shape index (κ3) is 5.62. The third-order valence-electron chi connectivity index (χ3n) is 9.10. The minimum absolute atomic E-state index is 0. The standard InChI is InChI=1S/C30H36BrN3O2.ClH/c31-26-10-6-22(7-11-26)18-33-17-14-30(29(33)36)12-15-32(16-13-30)19-25-20-34(28(35)24-8-9-24)21-27(25)23-4-2-1-3-5-23;/h1-7,10-11,24-25,27H,8-9,12-21H2;1H. The Kier molecular flexibility index (Phi) is 7.99. The minimum Gasteiger partial charge on any atom is -0.341 e. The van der Waals surface area contributed by atoms with Gasteiger partial charge in [-0.05, 0) is 74.4 Å². The molecule has 5 nitrogen and oxygen atoms in total. The number of benzene rings is 2. The van der Waals surface area contributed by atoms with Crippen molar-refractivity contribution in [3.8, 4) is 0 Å². The molecule has 2 amide bonds. The van der Waals surface area contributed by atoms with E-state index in [2.05, 4.69) is 85.2 Å². The lowest BCUT2D eigenvalue weighted by Gasteiger charge is -2.39. The first kappa shape index (κ1) is 26.7. The molecule has 4 fully saturated rings. The van der Waals surface area contributed by atoms with Crippen LogP contribution in [0.15, 0.2) is 59.1 Å². The molecule has 2 atom stereocenters. The molecule has 2 aromatic carbocycles. The molecule has 4 aliphatic rings. The van der Waals surface area contributed by atoms with Gasteiger partial charge >= 0.3 is 0 Å². The van der Waals surface area contributed by atoms with Gasteiger partial charge in [0.15, 0.2) is 0 Å². The molecule has 1 aliphatic carbocycles. The molecule has 7 heteroatoms. The molecule has 0 N–H and O–H groups in total. The Morgan fingerprint density at radius 2 is 1.59 bits per heavy atom. The zero-order valence-electron chi connectivity index (χ0n) is 21.4. The van der Waals surface area contributed by atoms with Crippen LogP contribution < -0.4 is 0 Å². The Morgan fingerprint density at radius 1 is 0.919 bits per heavy atom. The Hall–Kier alpha value is -1.89. The number of halogens is 2. The number of amides is 2. The highest BCUT2D eigenvalue weighted by Gasteiger charge is 2.49. The van der Waals surface area contributed by atoms with Crippen LogP contribution in [0.2, 0.25) is 0 Å². The summed E-state index contributed by atoms with van der Waals surface area (Å²) < 4.78 is 1.07. The number of nitrogens with zero attached hydrogens (tertiary/aromatic N) is 3. The topological polar surface area (TPSA) is 43.9 Å². The summed E-state index contributed by atoms with van der Waals surface area (Å²) >= 11 is 3.50. The van der Waals surface area contributed by atoms with Gasteiger partial charge < -0.3 is 14.7 Å². The lowest BCUT2D eigenvalue weighted by atomic mass is 9.76. The first-order chi connectivity index (χ1) is 17.5. The van der Waals surface area contributed by atoms with E-state index >= 15 is 0 Å². The van der Waals surface area contributed by atoms with E-state index in [1.54, 1.807) is 0 Å². The van der Waals surface area contributed by atoms with Crippen molar-refractivity contribution in [1.29, 1.82) is 0 Å². The largest absolute Gasteiger partial charge is 0.341 e. The van der Waals surface area contributed by atoms with Crippen LogP contribution in [0.25, 0.3) is 0 Å². The number of hydrogen-bond acceptors (Lipinski definition) is 3. The molecule has 37 heavy (non-hydrogen) atoms. The number of likely N-dealkylation sites (tertiary alicyclic amines) is 3. The molecule has 198 valence electrons. The summed E-state index contributed by atoms with van der Waals surface area (Å²) in [7, 11) is 0. The molecule has 3 heterocycles. The van der Waals surface area contributed by atoms with Crippen LogP contribution in [0.3, 0.4) is 0 Å². The van der Waals surface area contributed by atoms with E-state index in [0.717, 1.165) is 75.8 Å². The maximum atomic E-state index is 13.5. The number of piperidine rings is 1. The van der Waals surface area contributed by atoms with Gasteiger partial charge in [-0.25, -0.2) is 0 Å². The highest BCUT2D eigenvalue weighted by Crippen LogP contribution is 2.43. The van der Waals surface area contributed by atoms with Gasteiger partial charge in [0.25, 0.3) is 0 Å². The smallest absolute Gasteiger partial charge is 0.229 e. The molecule has 3 aliphatic heterocycles. The van der Waals surface area contributed by atoms with Crippen molar-refractivity contribution in [2.24, 2.45) is 17.3 Å². The fourth-order valence-electron chi connectivity index (χ4n) is 6.72. The van der Waals surface area contributed by atoms with Crippen molar-refractivity contribution in [3.63, 3.8) is 0 Å². The van der Waals surface area contributed by atoms with Gasteiger partial charge in [-0.15, -0.1) is 12.4 Å². The van der Waals surface area contributed by atoms with Gasteiger partial charge in [0, 0.05) is 49.0 Å². The lowest BCUT2D eigenvalue weighted by Crippen LogP contribution is -2.46. The van der Waals surface area contributed by atoms with E-state index in [1.807, 2.05) is 0 Å². The Balaban J connectivity index is 0.00000280. The van der Waals surface area contributed by atoms with E-state index in [0.29, 0.717) is 30.2 Å². The maximum Gasteiger partial charge on any atom is 0.229 e. The zero-order chi connectivity index (χ0) is 24.7. The molecule has 0 bridgehead atoms. The van der Waals surface area contributed by atoms with Gasteiger partial charge in [-0.1, -0.05) is 58.4 Å². The minimum atomic E-state index is -0.172. The van der Waals surface area contributed by atoms with Crippen LogP contribution >= 0.6 is 28.3 Å². The fourth-order valence-corrected chi connectivity index (χ4v) is 6.98. The second-order valence-electron chi connectivity index (χ2n) is 11.5. The third-order valence-corrected chi connectivity index (χ3v) is 9.63. The summed E-state index contributed by atoms with van der Waals surface area (Å²) in [6, 6.07) is 19.1. The van der Waals surface area contributed by atoms with Gasteiger partial charge in [0.2, 0.25) is 11.8 Å². The molecule has 0 aromatic heterocycles. The monoisotopic (exact) mass is 585 g/mol. The first-order valence-corrected chi connectivity index (χ1v) is 14.4. The molecular weight excluding hydrogens is 550 g/mol. The van der Waals surface area contributed by atoms with Crippen molar-refractivity contribution in [3.05, 3.63) is 70.2 Å². The van der Waals surface area contributed by atoms with E-state index in [9.17, 15) is 9.59 Å². The van der Waals surface area contributed by atoms with Crippen LogP contribution in [0.4, 0.5) is 0 Å². The maximum absolute atomic E-state index is 13.5. The summed E-state index contributed by atoms with van der Waals surface area (Å²) in [4.78, 5) is 33.1. The quantitative estimate of drug-likeness (QED) is 0.459. The zero-order valence-corrected chi connectivity index (χ0v) is 23.8. The predicted molar refractivity (Wildman–Crippen MR) is 152 cm³/mol. The van der Waals surface area contributed by atoms with Crippen molar-refractivity contribution in [1.82, 2.24) is 14.7 Å². The molecule has 1 spiro atoms. The molecule has 2 unspecified atom stereocenters. The SMILES string of the molecule is Cl.O=C(C1CC1)N1CC(CN2CCC3(CC2)CCN(Cc2ccc(Br)cc2)C3=O)C(c2ccccc2)C1. The number of rotatable bonds is 6. The van der Waals surface area contributed by atoms with E-state index in [1.165, 1.54) is 11.1 Å². The van der Waals surface area contributed by atoms with Gasteiger partial charge in [0.1, 0.15) is 0 Å². The van der Waals surface area contributed by atoms with E-state index < -0.39 is 0 Å². The molecule has 6 rings (SSSR count). The molecular formula is C30H37BrClN3O2. The summed E-state index contributed by atoms with van der Waals surface area (Å²) in [5, 5.41) is 0. The number of carbonyl (C=O) groups is 2. The fraction of sp³-hybridized carbons (Fsp3) is 0.533. The molecule has 3 saturated heterocycles. The van der Waals surface area contributed by atoms with Crippen molar-refractivity contribution in [2.45, 2.75) is 44.6 Å². The average Bonchev–Trinajstić information content (AvgIpc) is 3.61. The highest BCUT2D eigenvalue weighted by molar-refractivity contribution is 9.10. The normalized spacial score (nSPS) is 25.5. The Morgan fingerprint density at radius 3 is 2.27 bits per heavy atom. The van der Waals surface area contributed by atoms with Crippen LogP contribution in [-0.4, -0.2) is 65.8 Å². The van der Waals surface area contributed by atoms with Gasteiger partial charge in [-0.2, -0.15) is 0 Å². The molecule has 0 radical (unpaired) electrons. The van der Waals surface area contributed by atoms with Crippen molar-refractivity contribution < 1.29 is 9.59 Å². The van der Waals surface area contributed by atoms with Gasteiger partial charge in [-0.3, -0.25) is 9.59 Å². The van der Waals surface area contributed by atoms with Crippen LogP contribution in [0.5, 0.6) is 0 Å². The van der Waals surface area contributed by atoms with Crippen molar-refractivity contribution >= 4 is 40.2 Å². The Bertz CT molecular complexity index is 1100. The molecule has 1 saturated carbocycles. The van der Waals surface area contributed by atoms with Crippen LogP contribution in [0, 0.1) is 17.3 Å². The first-order valence-electron chi connectivity index (χ1n) is 13.6. The number of carbonyl (C=O) groups excluding carboxylic acids is 2. The second-order valence-corrected chi connectivity index (χ2v) is 12.4. The number of hydrogen-bond donors (Lipinski definition) is 0. The summed E-state index contributed by atoms with van der Waals surface area (Å²) in [6.45, 7) is 6.27. The van der Waals surface area contributed by atoms with Gasteiger partial charge in [0.05, 0.1) is 5.41 Å². The van der Waals surface area contributed by atoms with Crippen molar-refractivity contribution in [2.75, 3.05) is 39.3 Å². The van der Waals surface area contributed by atoms with Crippen LogP contribution in [-0.2, 0) is 16.1 Å². The summed E-state index contributed by atoms with van der Waals surface area (Å²) in [5.41, 5.74) is 2.38. The van der Waals surface area contributed by atoms with E-state index in [-0.39, 0.29) is 23.7 Å². The van der Waals surface area contributed by atoms with E-state index in [4.69, 9.17) is 0 Å². The summed E-state index contributed by atoms with van der Waals surface area (Å²) in [6.07, 6.45) is 5.02. The second kappa shape index (κ2) is 11.1. The predicted octanol–water partition coefficient (Wildman–Crippen LogP) is 5.34. The molecule has 2 aromatic rings. The average molecular weight is 587 g/mol.